The van der Waals surface area contributed by atoms with Crippen LogP contribution in [0.3, 0.4) is 0 Å². The standard InChI is InChI=1S/C17H27N3O2S/c1-3-20-11-5-4-6-15(20)13-19-17(21)18-12-14-7-9-16(10-8-14)23(2)22/h7-10,15H,3-6,11-13H2,1-2H3,(H2,18,19,21). The molecule has 1 aliphatic heterocycles. The molecule has 0 bridgehead atoms. The first-order valence-corrected chi connectivity index (χ1v) is 9.84. The van der Waals surface area contributed by atoms with E-state index < -0.39 is 10.8 Å². The van der Waals surface area contributed by atoms with E-state index in [-0.39, 0.29) is 6.03 Å². The summed E-state index contributed by atoms with van der Waals surface area (Å²) in [5, 5.41) is 5.85. The molecule has 2 N–H and O–H groups in total. The molecule has 1 heterocycles. The van der Waals surface area contributed by atoms with Crippen LogP contribution in [0, 0.1) is 0 Å². The van der Waals surface area contributed by atoms with Crippen LogP contribution in [-0.2, 0) is 17.3 Å². The van der Waals surface area contributed by atoms with Gasteiger partial charge in [-0.3, -0.25) is 9.11 Å². The molecule has 0 saturated carbocycles. The van der Waals surface area contributed by atoms with Crippen LogP contribution in [0.5, 0.6) is 0 Å². The molecular weight excluding hydrogens is 310 g/mol. The lowest BCUT2D eigenvalue weighted by molar-refractivity contribution is 0.153. The van der Waals surface area contributed by atoms with Gasteiger partial charge in [0.1, 0.15) is 0 Å². The largest absolute Gasteiger partial charge is 0.337 e. The Kier molecular flexibility index (Phi) is 7.05. The summed E-state index contributed by atoms with van der Waals surface area (Å²) in [6.07, 6.45) is 5.32. The summed E-state index contributed by atoms with van der Waals surface area (Å²) in [7, 11) is -0.965. The molecular formula is C17H27N3O2S. The average Bonchev–Trinajstić information content (AvgIpc) is 2.58. The Balaban J connectivity index is 1.73. The molecule has 2 unspecified atom stereocenters. The van der Waals surface area contributed by atoms with Gasteiger partial charge in [0.15, 0.2) is 0 Å². The highest BCUT2D eigenvalue weighted by Crippen LogP contribution is 2.15. The maximum absolute atomic E-state index is 11.9. The van der Waals surface area contributed by atoms with Gasteiger partial charge in [0, 0.05) is 41.1 Å². The number of likely N-dealkylation sites (N-methyl/N-ethyl adjacent to an activating group) is 1. The second-order valence-electron chi connectivity index (χ2n) is 5.94. The number of urea groups is 1. The first kappa shape index (κ1) is 17.9. The van der Waals surface area contributed by atoms with Gasteiger partial charge in [0.2, 0.25) is 0 Å². The molecule has 1 aromatic rings. The van der Waals surface area contributed by atoms with E-state index >= 15 is 0 Å². The minimum atomic E-state index is -0.965. The van der Waals surface area contributed by atoms with Gasteiger partial charge in [-0.1, -0.05) is 25.5 Å². The van der Waals surface area contributed by atoms with E-state index in [1.807, 2.05) is 24.3 Å². The van der Waals surface area contributed by atoms with Crippen molar-refractivity contribution in [2.45, 2.75) is 43.7 Å². The topological polar surface area (TPSA) is 61.4 Å². The number of amides is 2. The van der Waals surface area contributed by atoms with Gasteiger partial charge in [0.05, 0.1) is 0 Å². The van der Waals surface area contributed by atoms with Gasteiger partial charge in [-0.2, -0.15) is 0 Å². The predicted octanol–water partition coefficient (Wildman–Crippen LogP) is 2.10. The van der Waals surface area contributed by atoms with Gasteiger partial charge in [-0.05, 0) is 43.6 Å². The van der Waals surface area contributed by atoms with Gasteiger partial charge < -0.3 is 10.6 Å². The quantitative estimate of drug-likeness (QED) is 0.836. The number of carbonyl (C=O) groups is 1. The van der Waals surface area contributed by atoms with Crippen molar-refractivity contribution in [2.75, 3.05) is 25.9 Å². The number of nitrogens with zero attached hydrogens (tertiary/aromatic N) is 1. The van der Waals surface area contributed by atoms with Gasteiger partial charge in [0.25, 0.3) is 0 Å². The fraction of sp³-hybridized carbons (Fsp3) is 0.588. The van der Waals surface area contributed by atoms with Crippen LogP contribution in [0.4, 0.5) is 4.79 Å². The molecule has 2 rings (SSSR count). The number of hydrogen-bond donors (Lipinski definition) is 2. The van der Waals surface area contributed by atoms with Crippen molar-refractivity contribution < 1.29 is 9.00 Å². The Morgan fingerprint density at radius 1 is 1.26 bits per heavy atom. The van der Waals surface area contributed by atoms with Crippen molar-refractivity contribution >= 4 is 16.8 Å². The predicted molar refractivity (Wildman–Crippen MR) is 93.9 cm³/mol. The molecule has 0 aliphatic carbocycles. The molecule has 1 saturated heterocycles. The zero-order valence-electron chi connectivity index (χ0n) is 14.0. The summed E-state index contributed by atoms with van der Waals surface area (Å²) >= 11 is 0. The summed E-state index contributed by atoms with van der Waals surface area (Å²) in [4.78, 5) is 15.2. The van der Waals surface area contributed by atoms with E-state index in [4.69, 9.17) is 0 Å². The van der Waals surface area contributed by atoms with Crippen molar-refractivity contribution in [3.05, 3.63) is 29.8 Å². The Labute approximate surface area is 141 Å². The lowest BCUT2D eigenvalue weighted by Gasteiger charge is -2.34. The molecule has 1 aliphatic rings. The van der Waals surface area contributed by atoms with Crippen LogP contribution in [0.25, 0.3) is 0 Å². The average molecular weight is 337 g/mol. The van der Waals surface area contributed by atoms with E-state index in [2.05, 4.69) is 22.5 Å². The fourth-order valence-electron chi connectivity index (χ4n) is 2.96. The highest BCUT2D eigenvalue weighted by Gasteiger charge is 2.21. The third-order valence-electron chi connectivity index (χ3n) is 4.36. The summed E-state index contributed by atoms with van der Waals surface area (Å²) in [6, 6.07) is 7.81. The lowest BCUT2D eigenvalue weighted by Crippen LogP contribution is -2.48. The summed E-state index contributed by atoms with van der Waals surface area (Å²) in [5.74, 6) is 0. The zero-order chi connectivity index (χ0) is 16.7. The van der Waals surface area contributed by atoms with Crippen molar-refractivity contribution in [1.82, 2.24) is 15.5 Å². The smallest absolute Gasteiger partial charge is 0.315 e. The number of hydrogen-bond acceptors (Lipinski definition) is 3. The molecule has 2 amide bonds. The third-order valence-corrected chi connectivity index (χ3v) is 5.30. The monoisotopic (exact) mass is 337 g/mol. The highest BCUT2D eigenvalue weighted by atomic mass is 32.2. The van der Waals surface area contributed by atoms with E-state index in [0.717, 1.165) is 30.0 Å². The maximum Gasteiger partial charge on any atom is 0.315 e. The SMILES string of the molecule is CCN1CCCCC1CNC(=O)NCc1ccc(S(C)=O)cc1. The molecule has 23 heavy (non-hydrogen) atoms. The van der Waals surface area contributed by atoms with Crippen LogP contribution in [0.2, 0.25) is 0 Å². The lowest BCUT2D eigenvalue weighted by atomic mass is 10.0. The van der Waals surface area contributed by atoms with Crippen LogP contribution in [0.1, 0.15) is 31.7 Å². The third kappa shape index (κ3) is 5.62. The maximum atomic E-state index is 11.9. The molecule has 2 atom stereocenters. The van der Waals surface area contributed by atoms with Crippen LogP contribution in [0.15, 0.2) is 29.2 Å². The van der Waals surface area contributed by atoms with E-state index in [9.17, 15) is 9.00 Å². The summed E-state index contributed by atoms with van der Waals surface area (Å²) < 4.78 is 11.3. The molecule has 0 spiro atoms. The number of carbonyl (C=O) groups excluding carboxylic acids is 1. The molecule has 0 radical (unpaired) electrons. The van der Waals surface area contributed by atoms with Crippen molar-refractivity contribution in [3.8, 4) is 0 Å². The van der Waals surface area contributed by atoms with Crippen molar-refractivity contribution in [1.29, 1.82) is 0 Å². The van der Waals surface area contributed by atoms with E-state index in [1.165, 1.54) is 12.8 Å². The number of likely N-dealkylation sites (tertiary alicyclic amines) is 1. The van der Waals surface area contributed by atoms with Crippen molar-refractivity contribution in [2.24, 2.45) is 0 Å². The number of benzene rings is 1. The second-order valence-corrected chi connectivity index (χ2v) is 7.32. The molecule has 6 heteroatoms. The Morgan fingerprint density at radius 3 is 2.65 bits per heavy atom. The van der Waals surface area contributed by atoms with E-state index in [1.54, 1.807) is 6.26 Å². The highest BCUT2D eigenvalue weighted by molar-refractivity contribution is 7.84. The van der Waals surface area contributed by atoms with Gasteiger partial charge in [-0.15, -0.1) is 0 Å². The Hall–Kier alpha value is -1.40. The van der Waals surface area contributed by atoms with Gasteiger partial charge >= 0.3 is 6.03 Å². The van der Waals surface area contributed by atoms with Crippen LogP contribution >= 0.6 is 0 Å². The Bertz CT molecular complexity index is 533. The second kappa shape index (κ2) is 9.03. The first-order valence-electron chi connectivity index (χ1n) is 8.28. The molecule has 5 nitrogen and oxygen atoms in total. The molecule has 1 fully saturated rings. The molecule has 0 aromatic heterocycles. The van der Waals surface area contributed by atoms with E-state index in [0.29, 0.717) is 19.1 Å². The minimum Gasteiger partial charge on any atom is -0.337 e. The zero-order valence-corrected chi connectivity index (χ0v) is 14.8. The number of piperidine rings is 1. The summed E-state index contributed by atoms with van der Waals surface area (Å²) in [5.41, 5.74) is 1.00. The normalized spacial score (nSPS) is 20.0. The van der Waals surface area contributed by atoms with Gasteiger partial charge in [-0.25, -0.2) is 4.79 Å². The minimum absolute atomic E-state index is 0.130. The van der Waals surface area contributed by atoms with Crippen molar-refractivity contribution in [3.63, 3.8) is 0 Å². The number of rotatable bonds is 6. The fourth-order valence-corrected chi connectivity index (χ4v) is 3.48. The van der Waals surface area contributed by atoms with Crippen LogP contribution in [-0.4, -0.2) is 47.1 Å². The molecule has 1 aromatic carbocycles. The molecule has 128 valence electrons. The Morgan fingerprint density at radius 2 is 2.00 bits per heavy atom. The number of nitrogens with one attached hydrogen (secondary N) is 2. The van der Waals surface area contributed by atoms with Crippen LogP contribution < -0.4 is 10.6 Å². The first-order chi connectivity index (χ1) is 11.1. The summed E-state index contributed by atoms with van der Waals surface area (Å²) in [6.45, 7) is 5.53.